The first-order valence-corrected chi connectivity index (χ1v) is 9.53. The lowest BCUT2D eigenvalue weighted by molar-refractivity contribution is -0.384. The molecule has 0 aromatic heterocycles. The highest BCUT2D eigenvalue weighted by Gasteiger charge is 2.30. The zero-order valence-electron chi connectivity index (χ0n) is 17.0. The summed E-state index contributed by atoms with van der Waals surface area (Å²) in [6.45, 7) is 2.17. The van der Waals surface area contributed by atoms with E-state index in [1.165, 1.54) is 18.2 Å². The molecule has 3 aromatic carbocycles. The van der Waals surface area contributed by atoms with Crippen LogP contribution in [0.2, 0.25) is 0 Å². The lowest BCUT2D eigenvalue weighted by Crippen LogP contribution is -2.00. The van der Waals surface area contributed by atoms with Gasteiger partial charge in [-0.15, -0.1) is 0 Å². The molecule has 3 aromatic rings. The van der Waals surface area contributed by atoms with Gasteiger partial charge in [-0.3, -0.25) is 14.9 Å². The van der Waals surface area contributed by atoms with E-state index in [-0.39, 0.29) is 17.2 Å². The number of rotatable bonds is 6. The van der Waals surface area contributed by atoms with Gasteiger partial charge in [-0.2, -0.15) is 0 Å². The summed E-state index contributed by atoms with van der Waals surface area (Å²) in [4.78, 5) is 23.3. The van der Waals surface area contributed by atoms with Gasteiger partial charge in [0.1, 0.15) is 23.9 Å². The van der Waals surface area contributed by atoms with Crippen molar-refractivity contribution in [2.45, 2.75) is 13.5 Å². The predicted molar refractivity (Wildman–Crippen MR) is 115 cm³/mol. The van der Waals surface area contributed by atoms with Crippen molar-refractivity contribution in [3.05, 3.63) is 98.8 Å². The monoisotopic (exact) mass is 417 g/mol. The Morgan fingerprint density at radius 3 is 2.55 bits per heavy atom. The van der Waals surface area contributed by atoms with Crippen LogP contribution in [0.5, 0.6) is 17.2 Å². The summed E-state index contributed by atoms with van der Waals surface area (Å²) < 4.78 is 16.8. The fraction of sp³-hybridized carbons (Fsp3) is 0.125. The molecule has 31 heavy (non-hydrogen) atoms. The Morgan fingerprint density at radius 1 is 1.06 bits per heavy atom. The molecule has 0 aliphatic carbocycles. The highest BCUT2D eigenvalue weighted by atomic mass is 16.6. The third kappa shape index (κ3) is 4.25. The normalized spacial score (nSPS) is 13.6. The van der Waals surface area contributed by atoms with Gasteiger partial charge in [0.25, 0.3) is 5.69 Å². The molecule has 0 amide bonds. The molecule has 7 nitrogen and oxygen atoms in total. The van der Waals surface area contributed by atoms with Crippen LogP contribution < -0.4 is 14.2 Å². The maximum absolute atomic E-state index is 12.8. The Balaban J connectivity index is 1.54. The second-order valence-electron chi connectivity index (χ2n) is 7.04. The Hall–Kier alpha value is -4.13. The summed E-state index contributed by atoms with van der Waals surface area (Å²) in [7, 11) is 1.61. The van der Waals surface area contributed by atoms with Crippen molar-refractivity contribution in [1.29, 1.82) is 0 Å². The standard InChI is InChI=1S/C24H19NO6/c1-15-10-20(30-14-16-6-8-19(29-2)9-7-16)13-21-23(15)24(26)22(31-21)12-17-4-3-5-18(11-17)25(27)28/h3-13H,14H2,1-2H3/b22-12-. The van der Waals surface area contributed by atoms with Crippen LogP contribution in [0.4, 0.5) is 5.69 Å². The summed E-state index contributed by atoms with van der Waals surface area (Å²) in [5.74, 6) is 1.61. The van der Waals surface area contributed by atoms with Crippen molar-refractivity contribution in [2.24, 2.45) is 0 Å². The number of hydrogen-bond donors (Lipinski definition) is 0. The summed E-state index contributed by atoms with van der Waals surface area (Å²) in [5.41, 5.74) is 2.63. The molecule has 1 heterocycles. The van der Waals surface area contributed by atoms with E-state index in [0.717, 1.165) is 16.9 Å². The number of non-ortho nitro benzene ring substituents is 1. The molecule has 0 saturated heterocycles. The van der Waals surface area contributed by atoms with E-state index >= 15 is 0 Å². The van der Waals surface area contributed by atoms with E-state index in [1.54, 1.807) is 31.4 Å². The zero-order chi connectivity index (χ0) is 22.0. The Labute approximate surface area is 178 Å². The topological polar surface area (TPSA) is 87.9 Å². The summed E-state index contributed by atoms with van der Waals surface area (Å²) >= 11 is 0. The minimum Gasteiger partial charge on any atom is -0.497 e. The molecule has 0 radical (unpaired) electrons. The van der Waals surface area contributed by atoms with Crippen LogP contribution in [0, 0.1) is 17.0 Å². The number of allylic oxidation sites excluding steroid dienone is 1. The van der Waals surface area contributed by atoms with Crippen molar-refractivity contribution in [3.8, 4) is 17.2 Å². The number of hydrogen-bond acceptors (Lipinski definition) is 6. The van der Waals surface area contributed by atoms with Crippen LogP contribution in [0.25, 0.3) is 6.08 Å². The number of carbonyl (C=O) groups is 1. The fourth-order valence-electron chi connectivity index (χ4n) is 3.33. The first-order valence-electron chi connectivity index (χ1n) is 9.53. The van der Waals surface area contributed by atoms with Crippen LogP contribution in [0.3, 0.4) is 0 Å². The van der Waals surface area contributed by atoms with Gasteiger partial charge < -0.3 is 14.2 Å². The van der Waals surface area contributed by atoms with E-state index in [4.69, 9.17) is 14.2 Å². The van der Waals surface area contributed by atoms with Crippen LogP contribution in [0.1, 0.15) is 27.0 Å². The minimum absolute atomic E-state index is 0.0530. The third-order valence-corrected chi connectivity index (χ3v) is 4.89. The lowest BCUT2D eigenvalue weighted by atomic mass is 10.0. The van der Waals surface area contributed by atoms with Gasteiger partial charge >= 0.3 is 0 Å². The first kappa shape index (κ1) is 20.2. The number of ether oxygens (including phenoxy) is 3. The number of ketones is 1. The zero-order valence-corrected chi connectivity index (χ0v) is 17.0. The number of nitro groups is 1. The first-order chi connectivity index (χ1) is 14.9. The molecule has 4 rings (SSSR count). The molecule has 156 valence electrons. The smallest absolute Gasteiger partial charge is 0.270 e. The molecule has 0 unspecified atom stereocenters. The van der Waals surface area contributed by atoms with Crippen molar-refractivity contribution < 1.29 is 23.9 Å². The molecule has 0 spiro atoms. The molecule has 0 N–H and O–H groups in total. The number of fused-ring (bicyclic) bond motifs is 1. The molecule has 1 aliphatic heterocycles. The molecule has 7 heteroatoms. The van der Waals surface area contributed by atoms with Gasteiger partial charge in [-0.05, 0) is 47.9 Å². The molecule has 0 fully saturated rings. The molecular formula is C24H19NO6. The number of carbonyl (C=O) groups excluding carboxylic acids is 1. The van der Waals surface area contributed by atoms with E-state index in [9.17, 15) is 14.9 Å². The summed E-state index contributed by atoms with van der Waals surface area (Å²) in [5, 5.41) is 11.0. The van der Waals surface area contributed by atoms with E-state index in [1.807, 2.05) is 31.2 Å². The van der Waals surface area contributed by atoms with Crippen LogP contribution in [0.15, 0.2) is 66.4 Å². The van der Waals surface area contributed by atoms with Crippen molar-refractivity contribution in [2.75, 3.05) is 7.11 Å². The predicted octanol–water partition coefficient (Wildman–Crippen LogP) is 5.11. The maximum Gasteiger partial charge on any atom is 0.270 e. The van der Waals surface area contributed by atoms with Gasteiger partial charge in [0.2, 0.25) is 5.78 Å². The fourth-order valence-corrected chi connectivity index (χ4v) is 3.33. The van der Waals surface area contributed by atoms with Gasteiger partial charge in [0, 0.05) is 18.2 Å². The molecule has 0 saturated carbocycles. The minimum atomic E-state index is -0.481. The third-order valence-electron chi connectivity index (χ3n) is 4.89. The maximum atomic E-state index is 12.8. The van der Waals surface area contributed by atoms with Crippen LogP contribution in [-0.4, -0.2) is 17.8 Å². The second kappa shape index (κ2) is 8.31. The molecular weight excluding hydrogens is 398 g/mol. The number of aryl methyl sites for hydroxylation is 1. The number of benzene rings is 3. The largest absolute Gasteiger partial charge is 0.497 e. The average molecular weight is 417 g/mol. The highest BCUT2D eigenvalue weighted by molar-refractivity contribution is 6.15. The van der Waals surface area contributed by atoms with Gasteiger partial charge in [0.05, 0.1) is 17.6 Å². The molecule has 0 atom stereocenters. The number of nitrogens with zero attached hydrogens (tertiary/aromatic N) is 1. The van der Waals surface area contributed by atoms with Crippen LogP contribution >= 0.6 is 0 Å². The van der Waals surface area contributed by atoms with Crippen LogP contribution in [-0.2, 0) is 6.61 Å². The lowest BCUT2D eigenvalue weighted by Gasteiger charge is -2.09. The van der Waals surface area contributed by atoms with Crippen molar-refractivity contribution >= 4 is 17.5 Å². The quantitative estimate of drug-likeness (QED) is 0.315. The second-order valence-corrected chi connectivity index (χ2v) is 7.04. The molecule has 0 bridgehead atoms. The number of methoxy groups -OCH3 is 1. The van der Waals surface area contributed by atoms with E-state index < -0.39 is 4.92 Å². The summed E-state index contributed by atoms with van der Waals surface area (Å²) in [6, 6.07) is 17.0. The Morgan fingerprint density at radius 2 is 1.84 bits per heavy atom. The van der Waals surface area contributed by atoms with Crippen molar-refractivity contribution in [3.63, 3.8) is 0 Å². The van der Waals surface area contributed by atoms with Crippen molar-refractivity contribution in [1.82, 2.24) is 0 Å². The van der Waals surface area contributed by atoms with E-state index in [2.05, 4.69) is 0 Å². The number of Topliss-reactive ketones (excluding diaryl/α,β-unsaturated/α-hetero) is 1. The molecule has 1 aliphatic rings. The summed E-state index contributed by atoms with van der Waals surface area (Å²) in [6.07, 6.45) is 1.51. The average Bonchev–Trinajstić information content (AvgIpc) is 3.08. The number of nitro benzene ring substituents is 1. The van der Waals surface area contributed by atoms with Gasteiger partial charge in [-0.25, -0.2) is 0 Å². The van der Waals surface area contributed by atoms with E-state index in [0.29, 0.717) is 29.2 Å². The van der Waals surface area contributed by atoms with Gasteiger partial charge in [0.15, 0.2) is 5.76 Å². The SMILES string of the molecule is COc1ccc(COc2cc(C)c3c(c2)O/C(=C\c2cccc([N+](=O)[O-])c2)C3=O)cc1. The highest BCUT2D eigenvalue weighted by Crippen LogP contribution is 2.38. The Kier molecular flexibility index (Phi) is 5.41. The Bertz CT molecular complexity index is 1200. The van der Waals surface area contributed by atoms with Gasteiger partial charge in [-0.1, -0.05) is 24.3 Å².